The van der Waals surface area contributed by atoms with Crippen molar-refractivity contribution in [3.05, 3.63) is 65.2 Å². The molecular weight excluding hydrogens is 396 g/mol. The molecule has 1 saturated heterocycles. The largest absolute Gasteiger partial charge is 0.508 e. The number of carbonyl (C=O) groups excluding carboxylic acids is 1. The molecule has 5 rings (SSSR count). The number of likely N-dealkylation sites (tertiary alicyclic amines) is 1. The highest BCUT2D eigenvalue weighted by Crippen LogP contribution is 2.52. The molecule has 32 heavy (non-hydrogen) atoms. The van der Waals surface area contributed by atoms with Gasteiger partial charge >= 0.3 is 0 Å². The van der Waals surface area contributed by atoms with E-state index in [0.29, 0.717) is 30.7 Å². The number of amides is 1. The number of carbonyl (C=O) groups is 1. The second kappa shape index (κ2) is 8.90. The summed E-state index contributed by atoms with van der Waals surface area (Å²) in [4.78, 5) is 15.3. The van der Waals surface area contributed by atoms with E-state index in [0.717, 1.165) is 38.1 Å². The van der Waals surface area contributed by atoms with Crippen molar-refractivity contribution in [2.45, 2.75) is 63.3 Å². The Kier molecular flexibility index (Phi) is 5.98. The molecule has 0 spiro atoms. The van der Waals surface area contributed by atoms with Gasteiger partial charge in [-0.2, -0.15) is 0 Å². The normalized spacial score (nSPS) is 27.0. The lowest BCUT2D eigenvalue weighted by atomic mass is 9.56. The van der Waals surface area contributed by atoms with E-state index in [9.17, 15) is 9.90 Å². The van der Waals surface area contributed by atoms with Gasteiger partial charge in [0.1, 0.15) is 5.75 Å². The van der Waals surface area contributed by atoms with E-state index in [-0.39, 0.29) is 11.3 Å². The molecule has 2 fully saturated rings. The minimum Gasteiger partial charge on any atom is -0.508 e. The van der Waals surface area contributed by atoms with Crippen molar-refractivity contribution in [1.29, 1.82) is 0 Å². The molecule has 2 aromatic carbocycles. The summed E-state index contributed by atoms with van der Waals surface area (Å²) in [5.41, 5.74) is 3.95. The molecule has 2 N–H and O–H groups in total. The Balaban J connectivity index is 1.27. The highest BCUT2D eigenvalue weighted by Gasteiger charge is 2.51. The number of hydrogen-bond acceptors (Lipinski definition) is 3. The predicted molar refractivity (Wildman–Crippen MR) is 128 cm³/mol. The van der Waals surface area contributed by atoms with Crippen molar-refractivity contribution in [2.24, 2.45) is 11.8 Å². The molecule has 1 heterocycles. The van der Waals surface area contributed by atoms with Gasteiger partial charge in [-0.25, -0.2) is 0 Å². The molecular formula is C28H36N2O2. The maximum atomic E-state index is 12.5. The van der Waals surface area contributed by atoms with Crippen LogP contribution >= 0.6 is 0 Å². The van der Waals surface area contributed by atoms with Crippen molar-refractivity contribution < 1.29 is 9.90 Å². The highest BCUT2D eigenvalue weighted by atomic mass is 16.3. The van der Waals surface area contributed by atoms with Gasteiger partial charge < -0.3 is 10.4 Å². The van der Waals surface area contributed by atoms with Gasteiger partial charge in [-0.3, -0.25) is 9.69 Å². The van der Waals surface area contributed by atoms with Crippen LogP contribution in [-0.2, 0) is 23.1 Å². The first kappa shape index (κ1) is 21.5. The number of piperidine rings is 1. The second-order valence-electron chi connectivity index (χ2n) is 10.3. The van der Waals surface area contributed by atoms with Gasteiger partial charge in [-0.05, 0) is 85.7 Å². The molecule has 2 aromatic rings. The van der Waals surface area contributed by atoms with Crippen LogP contribution in [0.25, 0.3) is 0 Å². The Morgan fingerprint density at radius 2 is 2.00 bits per heavy atom. The minimum absolute atomic E-state index is 0.0315. The van der Waals surface area contributed by atoms with Crippen LogP contribution in [0, 0.1) is 11.8 Å². The molecule has 3 atom stereocenters. The quantitative estimate of drug-likeness (QED) is 0.648. The van der Waals surface area contributed by atoms with Gasteiger partial charge in [0.15, 0.2) is 0 Å². The summed E-state index contributed by atoms with van der Waals surface area (Å²) >= 11 is 0. The summed E-state index contributed by atoms with van der Waals surface area (Å²) in [7, 11) is 0. The molecule has 2 bridgehead atoms. The van der Waals surface area contributed by atoms with E-state index in [1.54, 1.807) is 0 Å². The maximum absolute atomic E-state index is 12.5. The number of aromatic hydroxyl groups is 1. The zero-order valence-corrected chi connectivity index (χ0v) is 19.2. The summed E-state index contributed by atoms with van der Waals surface area (Å²) in [6, 6.07) is 16.8. The summed E-state index contributed by atoms with van der Waals surface area (Å²) in [5.74, 6) is 1.92. The Bertz CT molecular complexity index is 955. The molecule has 170 valence electrons. The van der Waals surface area contributed by atoms with Gasteiger partial charge in [-0.1, -0.05) is 43.3 Å². The standard InChI is InChI=1S/C28H36N2O2/c1-20-26-17-23-10-11-24(31)18-25(23)28(20,14-16-30(26)19-22-7-8-22)13-15-29-27(32)12-9-21-5-3-2-4-6-21/h2-6,10-11,18,20,22,26,31H,7-9,12-17,19H2,1H3,(H,29,32)/t20-,26+,28+/m0/s1. The first-order valence-electron chi connectivity index (χ1n) is 12.4. The van der Waals surface area contributed by atoms with Crippen LogP contribution in [0.3, 0.4) is 0 Å². The Morgan fingerprint density at radius 1 is 1.19 bits per heavy atom. The van der Waals surface area contributed by atoms with E-state index in [1.165, 1.54) is 36.1 Å². The van der Waals surface area contributed by atoms with Crippen molar-refractivity contribution >= 4 is 5.91 Å². The highest BCUT2D eigenvalue weighted by molar-refractivity contribution is 5.76. The van der Waals surface area contributed by atoms with Crippen LogP contribution in [0.2, 0.25) is 0 Å². The van der Waals surface area contributed by atoms with E-state index in [1.807, 2.05) is 30.3 Å². The van der Waals surface area contributed by atoms with Crippen LogP contribution in [0.1, 0.15) is 55.7 Å². The molecule has 4 heteroatoms. The average molecular weight is 433 g/mol. The maximum Gasteiger partial charge on any atom is 0.220 e. The molecule has 0 aromatic heterocycles. The minimum atomic E-state index is 0.0315. The first-order chi connectivity index (χ1) is 15.5. The number of phenols is 1. The fourth-order valence-corrected chi connectivity index (χ4v) is 6.30. The number of nitrogens with zero attached hydrogens (tertiary/aromatic N) is 1. The first-order valence-corrected chi connectivity index (χ1v) is 12.4. The number of rotatable bonds is 8. The number of nitrogens with one attached hydrogen (secondary N) is 1. The average Bonchev–Trinajstić information content (AvgIpc) is 3.61. The number of aryl methyl sites for hydroxylation is 1. The van der Waals surface area contributed by atoms with Gasteiger partial charge in [0.2, 0.25) is 5.91 Å². The summed E-state index contributed by atoms with van der Waals surface area (Å²) in [5, 5.41) is 13.5. The van der Waals surface area contributed by atoms with Crippen molar-refractivity contribution in [2.75, 3.05) is 19.6 Å². The number of fused-ring (bicyclic) bond motifs is 4. The lowest BCUT2D eigenvalue weighted by Crippen LogP contribution is -2.60. The van der Waals surface area contributed by atoms with Crippen LogP contribution in [0.15, 0.2) is 48.5 Å². The molecule has 1 saturated carbocycles. The Labute approximate surface area is 192 Å². The Hall–Kier alpha value is -2.33. The van der Waals surface area contributed by atoms with Crippen molar-refractivity contribution in [3.8, 4) is 5.75 Å². The number of benzene rings is 2. The smallest absolute Gasteiger partial charge is 0.220 e. The number of hydrogen-bond donors (Lipinski definition) is 2. The van der Waals surface area contributed by atoms with Crippen LogP contribution in [0.5, 0.6) is 5.75 Å². The fourth-order valence-electron chi connectivity index (χ4n) is 6.30. The molecule has 1 aliphatic heterocycles. The molecule has 4 nitrogen and oxygen atoms in total. The van der Waals surface area contributed by atoms with Gasteiger partial charge in [0, 0.05) is 31.0 Å². The number of phenolic OH excluding ortho intramolecular Hbond substituents is 1. The lowest BCUT2D eigenvalue weighted by molar-refractivity contribution is -0.121. The van der Waals surface area contributed by atoms with Crippen molar-refractivity contribution in [1.82, 2.24) is 10.2 Å². The lowest BCUT2D eigenvalue weighted by Gasteiger charge is -2.56. The zero-order valence-electron chi connectivity index (χ0n) is 19.2. The van der Waals surface area contributed by atoms with Crippen LogP contribution < -0.4 is 5.32 Å². The van der Waals surface area contributed by atoms with Gasteiger partial charge in [0.25, 0.3) is 0 Å². The molecule has 1 amide bonds. The molecule has 2 aliphatic carbocycles. The third kappa shape index (κ3) is 4.30. The van der Waals surface area contributed by atoms with Gasteiger partial charge in [-0.15, -0.1) is 0 Å². The van der Waals surface area contributed by atoms with E-state index >= 15 is 0 Å². The molecule has 3 aliphatic rings. The van der Waals surface area contributed by atoms with E-state index in [4.69, 9.17) is 0 Å². The SMILES string of the molecule is C[C@H]1[C@H]2Cc3ccc(O)cc3[C@]1(CCNC(=O)CCc1ccccc1)CCN2CC1CC1. The fraction of sp³-hybridized carbons (Fsp3) is 0.536. The van der Waals surface area contributed by atoms with Crippen LogP contribution in [0.4, 0.5) is 0 Å². The van der Waals surface area contributed by atoms with Crippen molar-refractivity contribution in [3.63, 3.8) is 0 Å². The van der Waals surface area contributed by atoms with E-state index < -0.39 is 0 Å². The Morgan fingerprint density at radius 3 is 2.78 bits per heavy atom. The second-order valence-corrected chi connectivity index (χ2v) is 10.3. The monoisotopic (exact) mass is 432 g/mol. The summed E-state index contributed by atoms with van der Waals surface area (Å²) < 4.78 is 0. The third-order valence-corrected chi connectivity index (χ3v) is 8.39. The predicted octanol–water partition coefficient (Wildman–Crippen LogP) is 4.45. The topological polar surface area (TPSA) is 52.6 Å². The zero-order chi connectivity index (χ0) is 22.1. The van der Waals surface area contributed by atoms with Gasteiger partial charge in [0.05, 0.1) is 0 Å². The summed E-state index contributed by atoms with van der Waals surface area (Å²) in [6.07, 6.45) is 7.22. The molecule has 0 unspecified atom stereocenters. The molecule has 0 radical (unpaired) electrons. The third-order valence-electron chi connectivity index (χ3n) is 8.39. The van der Waals surface area contributed by atoms with E-state index in [2.05, 4.69) is 35.3 Å². The van der Waals surface area contributed by atoms with Crippen LogP contribution in [-0.4, -0.2) is 41.6 Å². The summed E-state index contributed by atoms with van der Waals surface area (Å²) in [6.45, 7) is 5.48.